The minimum atomic E-state index is -0.777. The van der Waals surface area contributed by atoms with Gasteiger partial charge in [0.15, 0.2) is 11.5 Å². The van der Waals surface area contributed by atoms with E-state index >= 15 is 0 Å². The van der Waals surface area contributed by atoms with Crippen LogP contribution < -0.4 is 25.6 Å². The third-order valence-corrected chi connectivity index (χ3v) is 4.20. The number of amides is 3. The van der Waals surface area contributed by atoms with Crippen molar-refractivity contribution in [1.82, 2.24) is 10.8 Å². The van der Waals surface area contributed by atoms with Crippen LogP contribution in [-0.4, -0.2) is 36.6 Å². The minimum Gasteiger partial charge on any atom is -0.493 e. The molecule has 0 unspecified atom stereocenters. The number of carbonyl (C=O) groups is 3. The Bertz CT molecular complexity index is 1100. The van der Waals surface area contributed by atoms with Crippen LogP contribution in [0.2, 0.25) is 0 Å². The van der Waals surface area contributed by atoms with Crippen LogP contribution in [-0.2, 0) is 4.79 Å². The van der Waals surface area contributed by atoms with Gasteiger partial charge in [-0.25, -0.2) is 5.48 Å². The number of fused-ring (bicyclic) bond motifs is 1. The van der Waals surface area contributed by atoms with Crippen LogP contribution in [0.15, 0.2) is 42.5 Å². The van der Waals surface area contributed by atoms with Crippen molar-refractivity contribution in [3.8, 4) is 23.8 Å². The highest BCUT2D eigenvalue weighted by molar-refractivity contribution is 6.15. The number of rotatable bonds is 6. The second-order valence-electron chi connectivity index (χ2n) is 6.03. The second-order valence-corrected chi connectivity index (χ2v) is 6.03. The van der Waals surface area contributed by atoms with Gasteiger partial charge < -0.3 is 20.1 Å². The number of anilines is 1. The lowest BCUT2D eigenvalue weighted by atomic mass is 10.1. The molecule has 0 atom stereocenters. The van der Waals surface area contributed by atoms with E-state index in [4.69, 9.17) is 21.1 Å². The molecule has 3 amide bonds. The molecule has 0 bridgehead atoms. The third kappa shape index (κ3) is 4.09. The van der Waals surface area contributed by atoms with E-state index < -0.39 is 17.7 Å². The molecule has 30 heavy (non-hydrogen) atoms. The van der Waals surface area contributed by atoms with Crippen LogP contribution in [0.4, 0.5) is 5.69 Å². The van der Waals surface area contributed by atoms with Crippen LogP contribution in [0.3, 0.4) is 0 Å². The number of hydrogen-bond acceptors (Lipinski definition) is 6. The van der Waals surface area contributed by atoms with Gasteiger partial charge in [-0.05, 0) is 24.3 Å². The molecule has 0 radical (unpaired) electrons. The fraction of sp³-hybridized carbons (Fsp3) is 0.0952. The average molecular weight is 407 g/mol. The van der Waals surface area contributed by atoms with Gasteiger partial charge in [0, 0.05) is 11.6 Å². The summed E-state index contributed by atoms with van der Waals surface area (Å²) in [5.74, 6) is 1.21. The van der Waals surface area contributed by atoms with Gasteiger partial charge in [-0.3, -0.25) is 19.6 Å². The maximum atomic E-state index is 12.5. The van der Waals surface area contributed by atoms with Crippen molar-refractivity contribution in [2.45, 2.75) is 0 Å². The Morgan fingerprint density at radius 2 is 1.97 bits per heavy atom. The number of hydroxylamine groups is 1. The van der Waals surface area contributed by atoms with Crippen molar-refractivity contribution in [2.24, 2.45) is 0 Å². The zero-order valence-electron chi connectivity index (χ0n) is 15.8. The molecule has 0 saturated heterocycles. The first kappa shape index (κ1) is 20.4. The lowest BCUT2D eigenvalue weighted by Crippen LogP contribution is -2.21. The topological polar surface area (TPSA) is 126 Å². The molecule has 9 nitrogen and oxygen atoms in total. The number of nitrogens with one attached hydrogen (secondary N) is 3. The smallest absolute Gasteiger partial charge is 0.276 e. The van der Waals surface area contributed by atoms with Crippen LogP contribution in [0.5, 0.6) is 11.5 Å². The maximum absolute atomic E-state index is 12.5. The predicted octanol–water partition coefficient (Wildman–Crippen LogP) is 1.55. The monoisotopic (exact) mass is 407 g/mol. The average Bonchev–Trinajstić information content (AvgIpc) is 3.05. The fourth-order valence-corrected chi connectivity index (χ4v) is 2.88. The van der Waals surface area contributed by atoms with Crippen molar-refractivity contribution >= 4 is 29.1 Å². The zero-order valence-corrected chi connectivity index (χ0v) is 15.8. The summed E-state index contributed by atoms with van der Waals surface area (Å²) in [6.45, 7) is -0.000237. The van der Waals surface area contributed by atoms with Gasteiger partial charge >= 0.3 is 0 Å². The Morgan fingerprint density at radius 1 is 1.23 bits per heavy atom. The molecule has 2 aromatic carbocycles. The molecule has 1 heterocycles. The van der Waals surface area contributed by atoms with Crippen molar-refractivity contribution in [3.63, 3.8) is 0 Å². The molecule has 0 fully saturated rings. The molecule has 1 aliphatic heterocycles. The fourth-order valence-electron chi connectivity index (χ4n) is 2.88. The van der Waals surface area contributed by atoms with Crippen molar-refractivity contribution in [3.05, 3.63) is 59.2 Å². The Balaban J connectivity index is 1.92. The van der Waals surface area contributed by atoms with Gasteiger partial charge in [-0.2, -0.15) is 0 Å². The van der Waals surface area contributed by atoms with E-state index in [0.717, 1.165) is 0 Å². The number of methoxy groups -OCH3 is 1. The van der Waals surface area contributed by atoms with E-state index in [1.165, 1.54) is 36.9 Å². The summed E-state index contributed by atoms with van der Waals surface area (Å²) in [4.78, 5) is 36.5. The third-order valence-electron chi connectivity index (χ3n) is 4.20. The molecule has 0 spiro atoms. The zero-order chi connectivity index (χ0) is 21.7. The molecule has 0 aromatic heterocycles. The molecule has 3 rings (SSSR count). The Hall–Kier alpha value is -4.29. The quantitative estimate of drug-likeness (QED) is 0.249. The summed E-state index contributed by atoms with van der Waals surface area (Å²) in [5.41, 5.74) is 2.75. The largest absolute Gasteiger partial charge is 0.493 e. The summed E-state index contributed by atoms with van der Waals surface area (Å²) in [6.07, 6.45) is 6.40. The molecule has 1 aliphatic rings. The van der Waals surface area contributed by atoms with Crippen molar-refractivity contribution in [1.29, 1.82) is 0 Å². The summed E-state index contributed by atoms with van der Waals surface area (Å²) in [7, 11) is 1.43. The molecule has 0 aliphatic carbocycles. The van der Waals surface area contributed by atoms with E-state index in [0.29, 0.717) is 22.6 Å². The first-order valence-electron chi connectivity index (χ1n) is 8.64. The van der Waals surface area contributed by atoms with E-state index in [2.05, 4.69) is 16.6 Å². The number of hydrogen-bond donors (Lipinski definition) is 4. The number of para-hydroxylation sites is 1. The Morgan fingerprint density at radius 3 is 2.67 bits per heavy atom. The lowest BCUT2D eigenvalue weighted by Gasteiger charge is -2.11. The summed E-state index contributed by atoms with van der Waals surface area (Å²) >= 11 is 0. The van der Waals surface area contributed by atoms with Gasteiger partial charge in [0.05, 0.1) is 29.6 Å². The van der Waals surface area contributed by atoms with Crippen molar-refractivity contribution < 1.29 is 29.1 Å². The van der Waals surface area contributed by atoms with Gasteiger partial charge in [0.1, 0.15) is 6.61 Å². The standard InChI is InChI=1S/C21H17N3O6/c1-3-8-30-18-9-13-14(10-17(18)29-2)20(26)23-16(13)11-19(25)22-15-7-5-4-6-12(15)21(27)24-28/h1,4-7,9-11,28H,8H2,2H3,(H,22,25)(H,23,26)(H,24,27)/b16-11-. The highest BCUT2D eigenvalue weighted by atomic mass is 16.5. The van der Waals surface area contributed by atoms with Crippen LogP contribution >= 0.6 is 0 Å². The number of benzene rings is 2. The van der Waals surface area contributed by atoms with E-state index in [1.54, 1.807) is 18.2 Å². The highest BCUT2D eigenvalue weighted by Gasteiger charge is 2.27. The van der Waals surface area contributed by atoms with E-state index in [1.807, 2.05) is 0 Å². The first-order chi connectivity index (χ1) is 14.5. The second kappa shape index (κ2) is 8.81. The normalized spacial score (nSPS) is 13.1. The summed E-state index contributed by atoms with van der Waals surface area (Å²) in [5, 5.41) is 14.0. The molecule has 9 heteroatoms. The van der Waals surface area contributed by atoms with Crippen LogP contribution in [0, 0.1) is 12.3 Å². The van der Waals surface area contributed by atoms with Gasteiger partial charge in [0.2, 0.25) is 5.91 Å². The molecular formula is C21H17N3O6. The van der Waals surface area contributed by atoms with E-state index in [-0.39, 0.29) is 23.6 Å². The SMILES string of the molecule is C#CCOc1cc2c(cc1OC)C(=O)N/C2=C\C(=O)Nc1ccccc1C(=O)NO. The minimum absolute atomic E-state index is 0.000237. The molecule has 0 saturated carbocycles. The maximum Gasteiger partial charge on any atom is 0.276 e. The molecule has 152 valence electrons. The summed E-state index contributed by atoms with van der Waals surface area (Å²) < 4.78 is 10.7. The first-order valence-corrected chi connectivity index (χ1v) is 8.64. The summed E-state index contributed by atoms with van der Waals surface area (Å²) in [6, 6.07) is 9.18. The van der Waals surface area contributed by atoms with Crippen molar-refractivity contribution in [2.75, 3.05) is 19.0 Å². The number of ether oxygens (including phenoxy) is 2. The van der Waals surface area contributed by atoms with Gasteiger partial charge in [-0.15, -0.1) is 6.42 Å². The van der Waals surface area contributed by atoms with E-state index in [9.17, 15) is 14.4 Å². The lowest BCUT2D eigenvalue weighted by molar-refractivity contribution is -0.111. The number of terminal acetylenes is 1. The number of carbonyl (C=O) groups excluding carboxylic acids is 3. The highest BCUT2D eigenvalue weighted by Crippen LogP contribution is 2.36. The van der Waals surface area contributed by atoms with Gasteiger partial charge in [-0.1, -0.05) is 18.1 Å². The Kier molecular flexibility index (Phi) is 6.00. The predicted molar refractivity (Wildman–Crippen MR) is 107 cm³/mol. The molecular weight excluding hydrogens is 390 g/mol. The molecule has 2 aromatic rings. The van der Waals surface area contributed by atoms with Crippen LogP contribution in [0.25, 0.3) is 5.70 Å². The molecule has 4 N–H and O–H groups in total. The van der Waals surface area contributed by atoms with Gasteiger partial charge in [0.25, 0.3) is 11.8 Å². The van der Waals surface area contributed by atoms with Crippen LogP contribution in [0.1, 0.15) is 26.3 Å². The Labute approximate surface area is 171 Å².